The Morgan fingerprint density at radius 2 is 1.66 bits per heavy atom. The summed E-state index contributed by atoms with van der Waals surface area (Å²) in [7, 11) is -1.80. The third-order valence-corrected chi connectivity index (χ3v) is 7.23. The first-order valence-corrected chi connectivity index (χ1v) is 11.1. The van der Waals surface area contributed by atoms with E-state index in [2.05, 4.69) is 4.90 Å². The predicted molar refractivity (Wildman–Crippen MR) is 111 cm³/mol. The molecule has 7 nitrogen and oxygen atoms in total. The lowest BCUT2D eigenvalue weighted by atomic mass is 10.2. The molecule has 0 aromatic heterocycles. The van der Waals surface area contributed by atoms with Crippen molar-refractivity contribution in [3.63, 3.8) is 0 Å². The molecule has 2 aromatic carbocycles. The van der Waals surface area contributed by atoms with Gasteiger partial charge in [0.25, 0.3) is 15.9 Å². The maximum Gasteiger partial charge on any atom is 0.265 e. The number of nitrogens with zero attached hydrogens (tertiary/aromatic N) is 3. The van der Waals surface area contributed by atoms with Gasteiger partial charge >= 0.3 is 0 Å². The lowest BCUT2D eigenvalue weighted by molar-refractivity contribution is -0.140. The first kappa shape index (κ1) is 19.7. The third kappa shape index (κ3) is 3.82. The number of carbonyl (C=O) groups excluding carboxylic acids is 1. The van der Waals surface area contributed by atoms with Crippen molar-refractivity contribution in [2.75, 3.05) is 44.1 Å². The number of ether oxygens (including phenoxy) is 1. The van der Waals surface area contributed by atoms with Crippen LogP contribution in [0.3, 0.4) is 0 Å². The van der Waals surface area contributed by atoms with E-state index in [1.54, 1.807) is 53.4 Å². The van der Waals surface area contributed by atoms with E-state index in [1.165, 1.54) is 4.31 Å². The maximum absolute atomic E-state index is 13.4. The fourth-order valence-electron chi connectivity index (χ4n) is 3.63. The number of piperazine rings is 1. The number of fused-ring (bicyclic) bond motifs is 1. The van der Waals surface area contributed by atoms with Crippen molar-refractivity contribution < 1.29 is 17.9 Å². The Morgan fingerprint density at radius 3 is 2.34 bits per heavy atom. The Hall–Kier alpha value is -2.58. The Kier molecular flexibility index (Phi) is 5.23. The van der Waals surface area contributed by atoms with Crippen molar-refractivity contribution in [2.24, 2.45) is 0 Å². The summed E-state index contributed by atoms with van der Waals surface area (Å²) < 4.78 is 34.0. The minimum atomic E-state index is -3.82. The molecule has 2 heterocycles. The summed E-state index contributed by atoms with van der Waals surface area (Å²) >= 11 is 0. The van der Waals surface area contributed by atoms with E-state index in [1.807, 2.05) is 14.0 Å². The van der Waals surface area contributed by atoms with Crippen molar-refractivity contribution >= 4 is 21.6 Å². The number of amides is 1. The number of likely N-dealkylation sites (N-methyl/N-ethyl adjacent to an activating group) is 1. The van der Waals surface area contributed by atoms with Crippen LogP contribution in [-0.4, -0.2) is 70.0 Å². The van der Waals surface area contributed by atoms with Gasteiger partial charge in [0.05, 0.1) is 17.1 Å². The zero-order chi connectivity index (χ0) is 20.6. The van der Waals surface area contributed by atoms with E-state index in [-0.39, 0.29) is 17.3 Å². The summed E-state index contributed by atoms with van der Waals surface area (Å²) in [6, 6.07) is 13.7. The SMILES string of the molecule is Cc1ccc(S(=O)(=O)N2CC(C(=O)N3CCN(C)CC3)Oc3ccccc32)cc1. The molecule has 0 saturated carbocycles. The molecule has 2 aliphatic heterocycles. The Labute approximate surface area is 171 Å². The van der Waals surface area contributed by atoms with Crippen molar-refractivity contribution in [3.8, 4) is 5.75 Å². The largest absolute Gasteiger partial charge is 0.476 e. The fraction of sp³-hybridized carbons (Fsp3) is 0.381. The van der Waals surface area contributed by atoms with Crippen LogP contribution in [0.4, 0.5) is 5.69 Å². The van der Waals surface area contributed by atoms with Crippen molar-refractivity contribution in [1.29, 1.82) is 0 Å². The van der Waals surface area contributed by atoms with Crippen LogP contribution in [0.2, 0.25) is 0 Å². The number of hydrogen-bond donors (Lipinski definition) is 0. The van der Waals surface area contributed by atoms with Crippen LogP contribution in [0, 0.1) is 6.92 Å². The molecule has 0 spiro atoms. The topological polar surface area (TPSA) is 70.2 Å². The van der Waals surface area contributed by atoms with Crippen LogP contribution >= 0.6 is 0 Å². The van der Waals surface area contributed by atoms with Gasteiger partial charge in [-0.3, -0.25) is 9.10 Å². The van der Waals surface area contributed by atoms with Gasteiger partial charge in [-0.2, -0.15) is 0 Å². The molecule has 2 aromatic rings. The number of hydrogen-bond acceptors (Lipinski definition) is 5. The summed E-state index contributed by atoms with van der Waals surface area (Å²) in [4.78, 5) is 17.2. The van der Waals surface area contributed by atoms with E-state index >= 15 is 0 Å². The second-order valence-corrected chi connectivity index (χ2v) is 9.41. The highest BCUT2D eigenvalue weighted by molar-refractivity contribution is 7.92. The molecule has 1 fully saturated rings. The van der Waals surface area contributed by atoms with Crippen LogP contribution in [0.25, 0.3) is 0 Å². The van der Waals surface area contributed by atoms with Crippen molar-refractivity contribution in [1.82, 2.24) is 9.80 Å². The molecule has 1 atom stereocenters. The molecule has 0 N–H and O–H groups in total. The third-order valence-electron chi connectivity index (χ3n) is 5.43. The summed E-state index contributed by atoms with van der Waals surface area (Å²) in [5.74, 6) is 0.235. The Balaban J connectivity index is 1.66. The van der Waals surface area contributed by atoms with E-state index in [4.69, 9.17) is 4.74 Å². The number of aryl methyl sites for hydroxylation is 1. The average Bonchev–Trinajstić information content (AvgIpc) is 2.73. The number of rotatable bonds is 3. The summed E-state index contributed by atoms with van der Waals surface area (Å²) in [5, 5.41) is 0. The van der Waals surface area contributed by atoms with Gasteiger partial charge in [-0.15, -0.1) is 0 Å². The molecule has 1 unspecified atom stereocenters. The van der Waals surface area contributed by atoms with Gasteiger partial charge in [-0.1, -0.05) is 29.8 Å². The van der Waals surface area contributed by atoms with Gasteiger partial charge in [0.2, 0.25) is 0 Å². The van der Waals surface area contributed by atoms with Gasteiger partial charge in [-0.25, -0.2) is 8.42 Å². The normalized spacial score (nSPS) is 20.1. The highest BCUT2D eigenvalue weighted by Gasteiger charge is 2.39. The smallest absolute Gasteiger partial charge is 0.265 e. The first-order chi connectivity index (χ1) is 13.9. The van der Waals surface area contributed by atoms with Gasteiger partial charge < -0.3 is 14.5 Å². The molecule has 154 valence electrons. The zero-order valence-corrected chi connectivity index (χ0v) is 17.4. The lowest BCUT2D eigenvalue weighted by Gasteiger charge is -2.38. The zero-order valence-electron chi connectivity index (χ0n) is 16.6. The first-order valence-electron chi connectivity index (χ1n) is 9.69. The molecule has 29 heavy (non-hydrogen) atoms. The molecule has 0 aliphatic carbocycles. The molecule has 0 radical (unpaired) electrons. The molecule has 1 amide bonds. The summed E-state index contributed by atoms with van der Waals surface area (Å²) in [5.41, 5.74) is 1.44. The molecule has 1 saturated heterocycles. The Bertz CT molecular complexity index is 999. The van der Waals surface area contributed by atoms with E-state index in [0.717, 1.165) is 18.7 Å². The molecule has 0 bridgehead atoms. The monoisotopic (exact) mass is 415 g/mol. The number of para-hydroxylation sites is 2. The molecule has 8 heteroatoms. The quantitative estimate of drug-likeness (QED) is 0.764. The van der Waals surface area contributed by atoms with Crippen molar-refractivity contribution in [2.45, 2.75) is 17.9 Å². The fourth-order valence-corrected chi connectivity index (χ4v) is 5.10. The highest BCUT2D eigenvalue weighted by atomic mass is 32.2. The van der Waals surface area contributed by atoms with Crippen LogP contribution in [0.5, 0.6) is 5.75 Å². The van der Waals surface area contributed by atoms with Crippen molar-refractivity contribution in [3.05, 3.63) is 54.1 Å². The number of carbonyl (C=O) groups is 1. The molecular formula is C21H25N3O4S. The van der Waals surface area contributed by atoms with Gasteiger partial charge in [0.15, 0.2) is 6.10 Å². The van der Waals surface area contributed by atoms with E-state index in [0.29, 0.717) is 24.5 Å². The lowest BCUT2D eigenvalue weighted by Crippen LogP contribution is -2.55. The van der Waals surface area contributed by atoms with Gasteiger partial charge in [-0.05, 0) is 38.2 Å². The van der Waals surface area contributed by atoms with Crippen LogP contribution in [-0.2, 0) is 14.8 Å². The second kappa shape index (κ2) is 7.68. The van der Waals surface area contributed by atoms with Gasteiger partial charge in [0.1, 0.15) is 5.75 Å². The van der Waals surface area contributed by atoms with Crippen LogP contribution in [0.15, 0.2) is 53.4 Å². The number of benzene rings is 2. The molecule has 2 aliphatic rings. The predicted octanol–water partition coefficient (Wildman–Crippen LogP) is 1.73. The second-order valence-electron chi connectivity index (χ2n) is 7.55. The van der Waals surface area contributed by atoms with Crippen LogP contribution < -0.4 is 9.04 Å². The van der Waals surface area contributed by atoms with Gasteiger partial charge in [0, 0.05) is 26.2 Å². The minimum Gasteiger partial charge on any atom is -0.476 e. The summed E-state index contributed by atoms with van der Waals surface area (Å²) in [6.45, 7) is 4.67. The van der Waals surface area contributed by atoms with Crippen LogP contribution in [0.1, 0.15) is 5.56 Å². The number of sulfonamides is 1. The van der Waals surface area contributed by atoms with E-state index < -0.39 is 16.1 Å². The number of anilines is 1. The minimum absolute atomic E-state index is 0.0433. The summed E-state index contributed by atoms with van der Waals surface area (Å²) in [6.07, 6.45) is -0.867. The molecular weight excluding hydrogens is 390 g/mol. The standard InChI is InChI=1S/C21H25N3O4S/c1-16-7-9-17(10-8-16)29(26,27)24-15-20(28-19-6-4-3-5-18(19)24)21(25)23-13-11-22(2)12-14-23/h3-10,20H,11-15H2,1-2H3. The maximum atomic E-state index is 13.4. The van der Waals surface area contributed by atoms with E-state index in [9.17, 15) is 13.2 Å². The average molecular weight is 416 g/mol. The highest BCUT2D eigenvalue weighted by Crippen LogP contribution is 2.37. The Morgan fingerprint density at radius 1 is 1.00 bits per heavy atom. The molecule has 4 rings (SSSR count).